The number of benzene rings is 1. The van der Waals surface area contributed by atoms with E-state index in [0.29, 0.717) is 22.7 Å². The number of halogens is 1. The number of aromatic nitrogens is 1. The van der Waals surface area contributed by atoms with E-state index in [0.717, 1.165) is 5.69 Å². The molecule has 0 saturated heterocycles. The number of nitrogens with zero attached hydrogens (tertiary/aromatic N) is 2. The van der Waals surface area contributed by atoms with Gasteiger partial charge < -0.3 is 10.4 Å². The Labute approximate surface area is 160 Å². The fourth-order valence-electron chi connectivity index (χ4n) is 2.15. The van der Waals surface area contributed by atoms with Gasteiger partial charge in [-0.15, -0.1) is 0 Å². The highest BCUT2D eigenvalue weighted by Crippen LogP contribution is 2.28. The molecule has 1 aromatic heterocycles. The number of carboxylic acids is 1. The molecular formula is C18H16ClN3O3S. The number of hydrogen-bond donors (Lipinski definition) is 2. The largest absolute Gasteiger partial charge is 0.478 e. The minimum absolute atomic E-state index is 0.0858. The maximum atomic E-state index is 12.6. The fourth-order valence-corrected chi connectivity index (χ4v) is 3.39. The fraction of sp³-hybridized carbons (Fsp3) is 0.222. The van der Waals surface area contributed by atoms with E-state index in [-0.39, 0.29) is 16.5 Å². The Kier molecular flexibility index (Phi) is 6.61. The van der Waals surface area contributed by atoms with Crippen molar-refractivity contribution in [2.75, 3.05) is 5.32 Å². The lowest BCUT2D eigenvalue weighted by molar-refractivity contribution is -0.115. The number of pyridine rings is 1. The topological polar surface area (TPSA) is 103 Å². The number of nitriles is 1. The summed E-state index contributed by atoms with van der Waals surface area (Å²) in [6.07, 6.45) is 0.510. The molecule has 0 bridgehead atoms. The number of hydrogen-bond acceptors (Lipinski definition) is 5. The van der Waals surface area contributed by atoms with Crippen LogP contribution in [0.2, 0.25) is 5.02 Å². The minimum Gasteiger partial charge on any atom is -0.478 e. The zero-order chi connectivity index (χ0) is 19.3. The van der Waals surface area contributed by atoms with Crippen LogP contribution in [0, 0.1) is 18.3 Å². The van der Waals surface area contributed by atoms with E-state index >= 15 is 0 Å². The van der Waals surface area contributed by atoms with Crippen LogP contribution in [0.1, 0.15) is 35.0 Å². The van der Waals surface area contributed by atoms with E-state index in [1.54, 1.807) is 12.1 Å². The molecule has 26 heavy (non-hydrogen) atoms. The smallest absolute Gasteiger partial charge is 0.337 e. The summed E-state index contributed by atoms with van der Waals surface area (Å²) < 4.78 is 0. The Bertz CT molecular complexity index is 896. The lowest BCUT2D eigenvalue weighted by Gasteiger charge is -2.15. The van der Waals surface area contributed by atoms with Gasteiger partial charge in [0, 0.05) is 11.4 Å². The third-order valence-corrected chi connectivity index (χ3v) is 5.20. The molecule has 0 fully saturated rings. The molecule has 2 N–H and O–H groups in total. The zero-order valence-electron chi connectivity index (χ0n) is 14.1. The number of carbonyl (C=O) groups excluding carboxylic acids is 1. The van der Waals surface area contributed by atoms with Crippen LogP contribution >= 0.6 is 23.4 Å². The molecule has 0 saturated carbocycles. The molecule has 134 valence electrons. The second kappa shape index (κ2) is 8.70. The van der Waals surface area contributed by atoms with Crippen LogP contribution < -0.4 is 5.32 Å². The zero-order valence-corrected chi connectivity index (χ0v) is 15.7. The predicted octanol–water partition coefficient (Wildman–Crippen LogP) is 4.12. The summed E-state index contributed by atoms with van der Waals surface area (Å²) >= 11 is 7.04. The summed E-state index contributed by atoms with van der Waals surface area (Å²) in [5.41, 5.74) is 1.42. The lowest BCUT2D eigenvalue weighted by Crippen LogP contribution is -2.25. The average molecular weight is 390 g/mol. The van der Waals surface area contributed by atoms with Gasteiger partial charge in [0.25, 0.3) is 0 Å². The van der Waals surface area contributed by atoms with Crippen molar-refractivity contribution in [2.45, 2.75) is 30.5 Å². The van der Waals surface area contributed by atoms with Gasteiger partial charge in [0.2, 0.25) is 5.91 Å². The summed E-state index contributed by atoms with van der Waals surface area (Å²) in [4.78, 5) is 28.1. The summed E-state index contributed by atoms with van der Waals surface area (Å²) in [7, 11) is 0. The van der Waals surface area contributed by atoms with Gasteiger partial charge in [0.05, 0.1) is 21.4 Å². The molecule has 2 aromatic rings. The first-order valence-electron chi connectivity index (χ1n) is 7.73. The molecule has 0 aliphatic rings. The van der Waals surface area contributed by atoms with Crippen molar-refractivity contribution < 1.29 is 14.7 Å². The van der Waals surface area contributed by atoms with Crippen LogP contribution in [0.5, 0.6) is 0 Å². The van der Waals surface area contributed by atoms with Crippen LogP contribution in [0.3, 0.4) is 0 Å². The van der Waals surface area contributed by atoms with Gasteiger partial charge >= 0.3 is 5.97 Å². The first-order valence-corrected chi connectivity index (χ1v) is 8.99. The first-order chi connectivity index (χ1) is 12.3. The normalized spacial score (nSPS) is 11.5. The number of amides is 1. The number of aromatic carboxylic acids is 1. The van der Waals surface area contributed by atoms with Gasteiger partial charge in [-0.05, 0) is 43.7 Å². The third kappa shape index (κ3) is 4.75. The second-order valence-electron chi connectivity index (χ2n) is 5.42. The Morgan fingerprint density at radius 3 is 2.73 bits per heavy atom. The first kappa shape index (κ1) is 19.8. The number of anilines is 1. The van der Waals surface area contributed by atoms with E-state index < -0.39 is 11.2 Å². The number of carboxylic acid groups (broad SMARTS) is 1. The molecule has 1 amide bonds. The van der Waals surface area contributed by atoms with Gasteiger partial charge in [-0.3, -0.25) is 4.79 Å². The van der Waals surface area contributed by atoms with E-state index in [1.165, 1.54) is 30.0 Å². The van der Waals surface area contributed by atoms with Crippen molar-refractivity contribution in [3.05, 3.63) is 52.2 Å². The highest BCUT2D eigenvalue weighted by Gasteiger charge is 2.21. The number of rotatable bonds is 6. The van der Waals surface area contributed by atoms with E-state index in [9.17, 15) is 14.9 Å². The third-order valence-electron chi connectivity index (χ3n) is 3.50. The van der Waals surface area contributed by atoms with Crippen molar-refractivity contribution in [1.29, 1.82) is 5.26 Å². The van der Waals surface area contributed by atoms with Crippen LogP contribution in [-0.2, 0) is 4.79 Å². The molecule has 0 aliphatic carbocycles. The van der Waals surface area contributed by atoms with Crippen LogP contribution in [-0.4, -0.2) is 27.2 Å². The van der Waals surface area contributed by atoms with Gasteiger partial charge in [0.15, 0.2) is 0 Å². The van der Waals surface area contributed by atoms with E-state index in [1.807, 2.05) is 13.8 Å². The monoisotopic (exact) mass is 389 g/mol. The molecule has 0 radical (unpaired) electrons. The van der Waals surface area contributed by atoms with Gasteiger partial charge in [-0.2, -0.15) is 5.26 Å². The molecule has 6 nitrogen and oxygen atoms in total. The number of thioether (sulfide) groups is 1. The van der Waals surface area contributed by atoms with Gasteiger partial charge in [0.1, 0.15) is 11.1 Å². The molecule has 0 spiro atoms. The van der Waals surface area contributed by atoms with Crippen molar-refractivity contribution in [3.8, 4) is 6.07 Å². The molecule has 1 atom stereocenters. The average Bonchev–Trinajstić information content (AvgIpc) is 2.61. The SMILES string of the molecule is CCC(Sc1nc(C)ccc1C#N)C(=O)Nc1ccc(Cl)c(C(=O)O)c1. The molecule has 2 rings (SSSR count). The summed E-state index contributed by atoms with van der Waals surface area (Å²) in [6.45, 7) is 3.66. The van der Waals surface area contributed by atoms with Crippen molar-refractivity contribution in [1.82, 2.24) is 4.98 Å². The molecule has 1 heterocycles. The Morgan fingerprint density at radius 1 is 1.38 bits per heavy atom. The molecule has 0 aliphatic heterocycles. The highest BCUT2D eigenvalue weighted by atomic mass is 35.5. The Balaban J connectivity index is 2.20. The van der Waals surface area contributed by atoms with Crippen LogP contribution in [0.4, 0.5) is 5.69 Å². The van der Waals surface area contributed by atoms with Crippen LogP contribution in [0.15, 0.2) is 35.4 Å². The van der Waals surface area contributed by atoms with E-state index in [2.05, 4.69) is 16.4 Å². The maximum Gasteiger partial charge on any atom is 0.337 e. The standard InChI is InChI=1S/C18H16ClN3O3S/c1-3-15(26-17-11(9-20)5-4-10(2)21-17)16(23)22-12-6-7-14(19)13(8-12)18(24)25/h4-8,15H,3H2,1-2H3,(H,22,23)(H,24,25). The Morgan fingerprint density at radius 2 is 2.12 bits per heavy atom. The Hall–Kier alpha value is -2.56. The van der Waals surface area contributed by atoms with Crippen molar-refractivity contribution in [3.63, 3.8) is 0 Å². The molecule has 8 heteroatoms. The maximum absolute atomic E-state index is 12.6. The molecular weight excluding hydrogens is 374 g/mol. The molecule has 1 unspecified atom stereocenters. The minimum atomic E-state index is -1.17. The summed E-state index contributed by atoms with van der Waals surface area (Å²) in [5.74, 6) is -1.47. The predicted molar refractivity (Wildman–Crippen MR) is 101 cm³/mol. The summed E-state index contributed by atoms with van der Waals surface area (Å²) in [5, 5.41) is 21.1. The van der Waals surface area contributed by atoms with Gasteiger partial charge in [-0.25, -0.2) is 9.78 Å². The highest BCUT2D eigenvalue weighted by molar-refractivity contribution is 8.00. The molecule has 1 aromatic carbocycles. The number of carbonyl (C=O) groups is 2. The number of nitrogens with one attached hydrogen (secondary N) is 1. The quantitative estimate of drug-likeness (QED) is 0.720. The van der Waals surface area contributed by atoms with Crippen molar-refractivity contribution >= 4 is 40.9 Å². The number of aryl methyl sites for hydroxylation is 1. The summed E-state index contributed by atoms with van der Waals surface area (Å²) in [6, 6.07) is 9.76. The van der Waals surface area contributed by atoms with Gasteiger partial charge in [-0.1, -0.05) is 30.3 Å². The van der Waals surface area contributed by atoms with Crippen LogP contribution in [0.25, 0.3) is 0 Å². The van der Waals surface area contributed by atoms with E-state index in [4.69, 9.17) is 16.7 Å². The van der Waals surface area contributed by atoms with Crippen molar-refractivity contribution in [2.24, 2.45) is 0 Å². The second-order valence-corrected chi connectivity index (χ2v) is 7.02. The lowest BCUT2D eigenvalue weighted by atomic mass is 10.2.